The third-order valence-corrected chi connectivity index (χ3v) is 1.82. The van der Waals surface area contributed by atoms with Crippen molar-refractivity contribution in [3.05, 3.63) is 0 Å². The lowest BCUT2D eigenvalue weighted by Gasteiger charge is -2.16. The second-order valence-corrected chi connectivity index (χ2v) is 3.07. The molecule has 0 saturated heterocycles. The molecule has 1 N–H and O–H groups in total. The summed E-state index contributed by atoms with van der Waals surface area (Å²) in [4.78, 5) is 10.7. The monoisotopic (exact) mass is 161 g/mol. The van der Waals surface area contributed by atoms with Crippen LogP contribution < -0.4 is 5.32 Å². The van der Waals surface area contributed by atoms with Gasteiger partial charge in [-0.15, -0.1) is 0 Å². The molecular weight excluding hydrogens is 146 g/mol. The standard InChI is InChI=1S/C7H15NOS/c1-5(2)6(3)8-7(9)4-10/h5-6,10H,4H2,1-3H3,(H,8,9)/t6-/m0/s1. The fraction of sp³-hybridized carbons (Fsp3) is 0.857. The molecule has 0 aliphatic heterocycles. The molecule has 0 aromatic heterocycles. The minimum Gasteiger partial charge on any atom is -0.353 e. The number of rotatable bonds is 3. The Balaban J connectivity index is 3.57. The molecule has 0 fully saturated rings. The molecule has 0 unspecified atom stereocenters. The van der Waals surface area contributed by atoms with Gasteiger partial charge in [-0.2, -0.15) is 12.6 Å². The van der Waals surface area contributed by atoms with Gasteiger partial charge in [-0.1, -0.05) is 13.8 Å². The van der Waals surface area contributed by atoms with E-state index in [1.807, 2.05) is 6.92 Å². The fourth-order valence-electron chi connectivity index (χ4n) is 0.466. The number of hydrogen-bond acceptors (Lipinski definition) is 2. The molecule has 0 aliphatic rings. The first-order valence-electron chi connectivity index (χ1n) is 3.48. The lowest BCUT2D eigenvalue weighted by molar-refractivity contribution is -0.119. The zero-order chi connectivity index (χ0) is 8.15. The van der Waals surface area contributed by atoms with Crippen molar-refractivity contribution in [3.8, 4) is 0 Å². The minimum atomic E-state index is 0.00420. The Kier molecular flexibility index (Phi) is 4.52. The van der Waals surface area contributed by atoms with Crippen LogP contribution in [0.4, 0.5) is 0 Å². The van der Waals surface area contributed by atoms with Crippen LogP contribution in [0.2, 0.25) is 0 Å². The molecule has 3 heteroatoms. The number of carbonyl (C=O) groups excluding carboxylic acids is 1. The summed E-state index contributed by atoms with van der Waals surface area (Å²) in [6, 6.07) is 0.250. The first-order chi connectivity index (χ1) is 4.57. The maximum Gasteiger partial charge on any atom is 0.229 e. The van der Waals surface area contributed by atoms with Crippen LogP contribution in [0.15, 0.2) is 0 Å². The molecule has 0 saturated carbocycles. The second-order valence-electron chi connectivity index (χ2n) is 2.76. The molecule has 2 nitrogen and oxygen atoms in total. The first-order valence-corrected chi connectivity index (χ1v) is 4.11. The third-order valence-electron chi connectivity index (χ3n) is 1.53. The largest absolute Gasteiger partial charge is 0.353 e. The van der Waals surface area contributed by atoms with E-state index in [0.29, 0.717) is 5.92 Å². The number of carbonyl (C=O) groups is 1. The maximum atomic E-state index is 10.7. The lowest BCUT2D eigenvalue weighted by atomic mass is 10.1. The molecular formula is C7H15NOS. The van der Waals surface area contributed by atoms with Crippen molar-refractivity contribution in [2.75, 3.05) is 5.75 Å². The first kappa shape index (κ1) is 9.82. The van der Waals surface area contributed by atoms with Crippen LogP contribution in [0.1, 0.15) is 20.8 Å². The summed E-state index contributed by atoms with van der Waals surface area (Å²) in [5.41, 5.74) is 0. The zero-order valence-electron chi connectivity index (χ0n) is 6.72. The molecule has 0 heterocycles. The molecule has 0 radical (unpaired) electrons. The van der Waals surface area contributed by atoms with Crippen molar-refractivity contribution in [3.63, 3.8) is 0 Å². The Bertz CT molecular complexity index is 114. The van der Waals surface area contributed by atoms with Crippen LogP contribution in [0, 0.1) is 5.92 Å². The molecule has 1 amide bonds. The second kappa shape index (κ2) is 4.61. The van der Waals surface area contributed by atoms with Crippen molar-refractivity contribution >= 4 is 18.5 Å². The van der Waals surface area contributed by atoms with E-state index in [1.54, 1.807) is 0 Å². The van der Waals surface area contributed by atoms with Crippen LogP contribution in [-0.2, 0) is 4.79 Å². The molecule has 0 bridgehead atoms. The fourth-order valence-corrected chi connectivity index (χ4v) is 0.558. The van der Waals surface area contributed by atoms with Crippen LogP contribution in [-0.4, -0.2) is 17.7 Å². The molecule has 1 atom stereocenters. The summed E-state index contributed by atoms with van der Waals surface area (Å²) in [6.07, 6.45) is 0. The van der Waals surface area contributed by atoms with E-state index in [0.717, 1.165) is 0 Å². The Morgan fingerprint density at radius 1 is 1.50 bits per heavy atom. The molecule has 10 heavy (non-hydrogen) atoms. The van der Waals surface area contributed by atoms with Gasteiger partial charge in [0.15, 0.2) is 0 Å². The Morgan fingerprint density at radius 2 is 2.00 bits per heavy atom. The lowest BCUT2D eigenvalue weighted by Crippen LogP contribution is -2.36. The van der Waals surface area contributed by atoms with Crippen LogP contribution in [0.3, 0.4) is 0 Å². The Labute approximate surface area is 67.8 Å². The minimum absolute atomic E-state index is 0.00420. The zero-order valence-corrected chi connectivity index (χ0v) is 7.61. The van der Waals surface area contributed by atoms with E-state index in [-0.39, 0.29) is 17.7 Å². The highest BCUT2D eigenvalue weighted by Gasteiger charge is 2.08. The SMILES string of the molecule is CC(C)[C@H](C)NC(=O)CS. The average molecular weight is 161 g/mol. The van der Waals surface area contributed by atoms with Gasteiger partial charge >= 0.3 is 0 Å². The summed E-state index contributed by atoms with van der Waals surface area (Å²) in [5, 5.41) is 2.81. The Hall–Kier alpha value is -0.180. The molecule has 0 aromatic rings. The summed E-state index contributed by atoms with van der Waals surface area (Å²) >= 11 is 3.85. The summed E-state index contributed by atoms with van der Waals surface area (Å²) in [6.45, 7) is 6.14. The van der Waals surface area contributed by atoms with Crippen molar-refractivity contribution in [2.45, 2.75) is 26.8 Å². The van der Waals surface area contributed by atoms with Gasteiger partial charge in [0.1, 0.15) is 0 Å². The topological polar surface area (TPSA) is 29.1 Å². The normalized spacial score (nSPS) is 13.3. The highest BCUT2D eigenvalue weighted by atomic mass is 32.1. The van der Waals surface area contributed by atoms with E-state index < -0.39 is 0 Å². The van der Waals surface area contributed by atoms with E-state index in [1.165, 1.54) is 0 Å². The maximum absolute atomic E-state index is 10.7. The van der Waals surface area contributed by atoms with Gasteiger partial charge < -0.3 is 5.32 Å². The van der Waals surface area contributed by atoms with Crippen molar-refractivity contribution in [2.24, 2.45) is 5.92 Å². The van der Waals surface area contributed by atoms with E-state index in [4.69, 9.17) is 0 Å². The third kappa shape index (κ3) is 3.77. The summed E-state index contributed by atoms with van der Waals surface area (Å²) in [5.74, 6) is 0.769. The predicted molar refractivity (Wildman–Crippen MR) is 46.3 cm³/mol. The van der Waals surface area contributed by atoms with Crippen LogP contribution >= 0.6 is 12.6 Å². The number of nitrogens with one attached hydrogen (secondary N) is 1. The van der Waals surface area contributed by atoms with Gasteiger partial charge in [0.25, 0.3) is 0 Å². The average Bonchev–Trinajstić information content (AvgIpc) is 1.87. The van der Waals surface area contributed by atoms with Gasteiger partial charge in [-0.05, 0) is 12.8 Å². The number of thiol groups is 1. The molecule has 0 aliphatic carbocycles. The summed E-state index contributed by atoms with van der Waals surface area (Å²) in [7, 11) is 0. The summed E-state index contributed by atoms with van der Waals surface area (Å²) < 4.78 is 0. The van der Waals surface area contributed by atoms with Crippen molar-refractivity contribution in [1.82, 2.24) is 5.32 Å². The van der Waals surface area contributed by atoms with Crippen molar-refractivity contribution in [1.29, 1.82) is 0 Å². The number of hydrogen-bond donors (Lipinski definition) is 2. The van der Waals surface area contributed by atoms with Gasteiger partial charge in [0, 0.05) is 6.04 Å². The van der Waals surface area contributed by atoms with Gasteiger partial charge in [-0.3, -0.25) is 4.79 Å². The predicted octanol–water partition coefficient (Wildman–Crippen LogP) is 1.08. The Morgan fingerprint density at radius 3 is 2.30 bits per heavy atom. The molecule has 60 valence electrons. The molecule has 0 aromatic carbocycles. The van der Waals surface area contributed by atoms with Crippen LogP contribution in [0.5, 0.6) is 0 Å². The molecule has 0 rings (SSSR count). The van der Waals surface area contributed by atoms with Crippen LogP contribution in [0.25, 0.3) is 0 Å². The van der Waals surface area contributed by atoms with Gasteiger partial charge in [-0.25, -0.2) is 0 Å². The number of amides is 1. The molecule has 0 spiro atoms. The van der Waals surface area contributed by atoms with Gasteiger partial charge in [0.05, 0.1) is 5.75 Å². The highest BCUT2D eigenvalue weighted by Crippen LogP contribution is 1.98. The van der Waals surface area contributed by atoms with E-state index in [9.17, 15) is 4.79 Å². The highest BCUT2D eigenvalue weighted by molar-refractivity contribution is 7.81. The quantitative estimate of drug-likeness (QED) is 0.596. The van der Waals surface area contributed by atoms with Crippen molar-refractivity contribution < 1.29 is 4.79 Å². The van der Waals surface area contributed by atoms with E-state index in [2.05, 4.69) is 31.8 Å². The van der Waals surface area contributed by atoms with Gasteiger partial charge in [0.2, 0.25) is 5.91 Å². The smallest absolute Gasteiger partial charge is 0.229 e. The van der Waals surface area contributed by atoms with E-state index >= 15 is 0 Å².